The van der Waals surface area contributed by atoms with E-state index in [1.54, 1.807) is 14.2 Å². The number of piperidine rings is 1. The third-order valence-corrected chi connectivity index (χ3v) is 7.33. The zero-order valence-electron chi connectivity index (χ0n) is 23.2. The summed E-state index contributed by atoms with van der Waals surface area (Å²) in [7, 11) is 3.35. The minimum Gasteiger partial charge on any atom is -0.497 e. The van der Waals surface area contributed by atoms with Crippen LogP contribution in [0.1, 0.15) is 42.5 Å². The van der Waals surface area contributed by atoms with Crippen LogP contribution in [-0.2, 0) is 26.5 Å². The molecule has 0 aliphatic carbocycles. The van der Waals surface area contributed by atoms with E-state index in [1.165, 1.54) is 16.6 Å². The number of benzene rings is 2. The molecule has 41 heavy (non-hydrogen) atoms. The van der Waals surface area contributed by atoms with Gasteiger partial charge in [0.15, 0.2) is 5.60 Å². The zero-order valence-corrected chi connectivity index (χ0v) is 23.2. The van der Waals surface area contributed by atoms with E-state index in [1.807, 2.05) is 30.3 Å². The van der Waals surface area contributed by atoms with E-state index < -0.39 is 42.0 Å². The molecule has 0 atom stereocenters. The molecule has 0 bridgehead atoms. The molecule has 0 amide bonds. The van der Waals surface area contributed by atoms with E-state index >= 15 is 0 Å². The van der Waals surface area contributed by atoms with Gasteiger partial charge in [0.2, 0.25) is 0 Å². The molecule has 0 saturated carbocycles. The Balaban J connectivity index is 0.000000302. The summed E-state index contributed by atoms with van der Waals surface area (Å²) in [6.07, 6.45) is -0.899. The predicted molar refractivity (Wildman–Crippen MR) is 148 cm³/mol. The molecule has 0 unspecified atom stereocenters. The van der Waals surface area contributed by atoms with Crippen LogP contribution in [0.25, 0.3) is 10.9 Å². The number of aryl methyl sites for hydroxylation is 1. The average molecular weight is 573 g/mol. The van der Waals surface area contributed by atoms with Gasteiger partial charge < -0.3 is 40.0 Å². The first-order valence-electron chi connectivity index (χ1n) is 12.9. The minimum atomic E-state index is -2.74. The fourth-order valence-electron chi connectivity index (χ4n) is 4.96. The van der Waals surface area contributed by atoms with Crippen molar-refractivity contribution in [3.05, 3.63) is 59.3 Å². The van der Waals surface area contributed by atoms with Crippen LogP contribution in [-0.4, -0.2) is 86.2 Å². The number of aliphatic hydroxyl groups is 2. The van der Waals surface area contributed by atoms with Crippen molar-refractivity contribution in [1.29, 1.82) is 0 Å². The fourth-order valence-corrected chi connectivity index (χ4v) is 4.96. The molecule has 1 aliphatic rings. The number of aromatic nitrogens is 1. The SMILES string of the molecule is COc1ccc2[nH]c(CN3CCC(O)(c4ccccc4OC)CC3)c(C)c2c1.O=C(O)CC(O)(CC(=O)O)C(=O)O. The number of ether oxygens (including phenoxy) is 2. The van der Waals surface area contributed by atoms with Crippen LogP contribution in [0.15, 0.2) is 42.5 Å². The van der Waals surface area contributed by atoms with Crippen molar-refractivity contribution in [2.24, 2.45) is 0 Å². The Morgan fingerprint density at radius 1 is 0.976 bits per heavy atom. The first kappa shape index (κ1) is 31.4. The number of H-pyrrole nitrogens is 1. The summed E-state index contributed by atoms with van der Waals surface area (Å²) >= 11 is 0. The van der Waals surface area contributed by atoms with Gasteiger partial charge in [-0.25, -0.2) is 4.79 Å². The second-order valence-electron chi connectivity index (χ2n) is 10.1. The first-order valence-corrected chi connectivity index (χ1v) is 12.9. The Morgan fingerprint density at radius 2 is 1.59 bits per heavy atom. The van der Waals surface area contributed by atoms with Crippen LogP contribution in [0.4, 0.5) is 0 Å². The number of hydrogen-bond donors (Lipinski definition) is 6. The van der Waals surface area contributed by atoms with Crippen LogP contribution >= 0.6 is 0 Å². The third-order valence-electron chi connectivity index (χ3n) is 7.33. The summed E-state index contributed by atoms with van der Waals surface area (Å²) in [6.45, 7) is 4.69. The zero-order chi connectivity index (χ0) is 30.4. The first-order chi connectivity index (χ1) is 19.3. The molecule has 2 heterocycles. The van der Waals surface area contributed by atoms with Gasteiger partial charge in [0, 0.05) is 41.8 Å². The van der Waals surface area contributed by atoms with Gasteiger partial charge in [0.05, 0.1) is 32.7 Å². The molecule has 1 aromatic heterocycles. The molecule has 0 spiro atoms. The third kappa shape index (κ3) is 7.54. The molecule has 0 radical (unpaired) electrons. The van der Waals surface area contributed by atoms with Gasteiger partial charge in [-0.2, -0.15) is 0 Å². The highest BCUT2D eigenvalue weighted by atomic mass is 16.5. The van der Waals surface area contributed by atoms with Gasteiger partial charge in [-0.3, -0.25) is 14.5 Å². The molecule has 1 aliphatic heterocycles. The summed E-state index contributed by atoms with van der Waals surface area (Å²) in [5, 5.41) is 46.3. The van der Waals surface area contributed by atoms with Crippen LogP contribution in [0.2, 0.25) is 0 Å². The number of rotatable bonds is 10. The van der Waals surface area contributed by atoms with E-state index in [9.17, 15) is 19.5 Å². The number of nitrogens with zero attached hydrogens (tertiary/aromatic N) is 1. The Kier molecular flexibility index (Phi) is 9.97. The summed E-state index contributed by atoms with van der Waals surface area (Å²) in [5.41, 5.74) is 0.955. The number of para-hydroxylation sites is 1. The maximum atomic E-state index is 11.2. The highest BCUT2D eigenvalue weighted by Gasteiger charge is 2.41. The molecular weight excluding hydrogens is 536 g/mol. The van der Waals surface area contributed by atoms with Crippen molar-refractivity contribution < 1.29 is 49.4 Å². The van der Waals surface area contributed by atoms with Crippen molar-refractivity contribution in [3.63, 3.8) is 0 Å². The van der Waals surface area contributed by atoms with Crippen molar-refractivity contribution in [3.8, 4) is 11.5 Å². The topological polar surface area (TPSA) is 190 Å². The molecule has 1 saturated heterocycles. The van der Waals surface area contributed by atoms with Crippen molar-refractivity contribution >= 4 is 28.8 Å². The lowest BCUT2D eigenvalue weighted by Crippen LogP contribution is -2.42. The molecule has 12 nitrogen and oxygen atoms in total. The molecular formula is C29H36N2O10. The van der Waals surface area contributed by atoms with Crippen LogP contribution in [0.5, 0.6) is 11.5 Å². The Morgan fingerprint density at radius 3 is 2.12 bits per heavy atom. The average Bonchev–Trinajstić information content (AvgIpc) is 3.23. The second kappa shape index (κ2) is 13.0. The van der Waals surface area contributed by atoms with Crippen molar-refractivity contribution in [2.45, 2.75) is 50.4 Å². The highest BCUT2D eigenvalue weighted by molar-refractivity contribution is 5.88. The van der Waals surface area contributed by atoms with Crippen molar-refractivity contribution in [2.75, 3.05) is 27.3 Å². The maximum Gasteiger partial charge on any atom is 0.336 e. The molecule has 222 valence electrons. The number of methoxy groups -OCH3 is 2. The number of carboxylic acids is 3. The van der Waals surface area contributed by atoms with Gasteiger partial charge in [-0.15, -0.1) is 0 Å². The summed E-state index contributed by atoms with van der Waals surface area (Å²) in [5.74, 6) is -3.38. The number of fused-ring (bicyclic) bond motifs is 1. The van der Waals surface area contributed by atoms with Crippen molar-refractivity contribution in [1.82, 2.24) is 9.88 Å². The van der Waals surface area contributed by atoms with Gasteiger partial charge in [0.1, 0.15) is 11.5 Å². The quantitative estimate of drug-likeness (QED) is 0.209. The Bertz CT molecular complexity index is 1380. The lowest BCUT2D eigenvalue weighted by Gasteiger charge is -2.39. The minimum absolute atomic E-state index is 0.695. The fraction of sp³-hybridized carbons (Fsp3) is 0.414. The largest absolute Gasteiger partial charge is 0.497 e. The molecule has 6 N–H and O–H groups in total. The number of carbonyl (C=O) groups is 3. The van der Waals surface area contributed by atoms with Crippen LogP contribution in [0, 0.1) is 6.92 Å². The smallest absolute Gasteiger partial charge is 0.336 e. The van der Waals surface area contributed by atoms with E-state index in [0.717, 1.165) is 42.2 Å². The number of nitrogens with one attached hydrogen (secondary N) is 1. The molecule has 12 heteroatoms. The monoisotopic (exact) mass is 572 g/mol. The molecule has 3 aromatic rings. The number of aromatic amines is 1. The standard InChI is InChI=1S/C23H28N2O3.C6H8O7/c1-16-18-14-17(27-2)8-9-20(18)24-21(16)15-25-12-10-23(26,11-13-25)19-6-4-5-7-22(19)28-3;7-3(8)1-6(13,5(11)12)2-4(9)10/h4-9,14,24,26H,10-13,15H2,1-3H3;13H,1-2H2,(H,7,8)(H,9,10)(H,11,12). The van der Waals surface area contributed by atoms with Gasteiger partial charge in [-0.05, 0) is 49.6 Å². The van der Waals surface area contributed by atoms with E-state index in [2.05, 4.69) is 28.9 Å². The molecule has 1 fully saturated rings. The number of carboxylic acid groups (broad SMARTS) is 3. The molecule has 2 aromatic carbocycles. The maximum absolute atomic E-state index is 11.2. The summed E-state index contributed by atoms with van der Waals surface area (Å²) < 4.78 is 10.8. The van der Waals surface area contributed by atoms with Crippen LogP contribution < -0.4 is 9.47 Å². The van der Waals surface area contributed by atoms with Gasteiger partial charge in [-0.1, -0.05) is 18.2 Å². The lowest BCUT2D eigenvalue weighted by atomic mass is 9.84. The van der Waals surface area contributed by atoms with Crippen LogP contribution in [0.3, 0.4) is 0 Å². The number of hydrogen-bond acceptors (Lipinski definition) is 8. The Hall–Kier alpha value is -4.13. The number of likely N-dealkylation sites (tertiary alicyclic amines) is 1. The Labute approximate surface area is 236 Å². The normalized spacial score (nSPS) is 15.0. The summed E-state index contributed by atoms with van der Waals surface area (Å²) in [4.78, 5) is 36.4. The van der Waals surface area contributed by atoms with E-state index in [4.69, 9.17) is 29.9 Å². The highest BCUT2D eigenvalue weighted by Crippen LogP contribution is 2.38. The van der Waals surface area contributed by atoms with E-state index in [-0.39, 0.29) is 0 Å². The summed E-state index contributed by atoms with van der Waals surface area (Å²) in [6, 6.07) is 13.9. The molecule has 4 rings (SSSR count). The second-order valence-corrected chi connectivity index (χ2v) is 10.1. The lowest BCUT2D eigenvalue weighted by molar-refractivity contribution is -0.170. The predicted octanol–water partition coefficient (Wildman–Crippen LogP) is 2.73. The van der Waals surface area contributed by atoms with E-state index in [0.29, 0.717) is 12.8 Å². The van der Waals surface area contributed by atoms with Gasteiger partial charge >= 0.3 is 17.9 Å². The number of aliphatic carboxylic acids is 3. The van der Waals surface area contributed by atoms with Gasteiger partial charge in [0.25, 0.3) is 0 Å².